The smallest absolute Gasteiger partial charge is 0.233 e. The first-order valence-corrected chi connectivity index (χ1v) is 7.24. The van der Waals surface area contributed by atoms with E-state index in [0.29, 0.717) is 23.6 Å². The predicted molar refractivity (Wildman–Crippen MR) is 77.3 cm³/mol. The van der Waals surface area contributed by atoms with Crippen molar-refractivity contribution >= 4 is 11.6 Å². The van der Waals surface area contributed by atoms with Crippen LogP contribution in [0.4, 0.5) is 0 Å². The average Bonchev–Trinajstić information content (AvgIpc) is 2.72. The van der Waals surface area contributed by atoms with Crippen molar-refractivity contribution in [2.24, 2.45) is 5.92 Å². The Hall–Kier alpha value is -1.66. The van der Waals surface area contributed by atoms with Gasteiger partial charge in [0.25, 0.3) is 0 Å². The van der Waals surface area contributed by atoms with Crippen molar-refractivity contribution in [2.45, 2.75) is 20.4 Å². The van der Waals surface area contributed by atoms with Crippen molar-refractivity contribution in [1.82, 2.24) is 20.0 Å². The molecule has 1 saturated heterocycles. The molecule has 21 heavy (non-hydrogen) atoms. The van der Waals surface area contributed by atoms with Crippen LogP contribution in [-0.2, 0) is 6.54 Å². The summed E-state index contributed by atoms with van der Waals surface area (Å²) in [5, 5.41) is 4.33. The minimum absolute atomic E-state index is 0.348. The van der Waals surface area contributed by atoms with Gasteiger partial charge < -0.3 is 9.26 Å². The van der Waals surface area contributed by atoms with Crippen LogP contribution in [0.5, 0.6) is 5.88 Å². The van der Waals surface area contributed by atoms with E-state index in [0.717, 1.165) is 31.1 Å². The van der Waals surface area contributed by atoms with Gasteiger partial charge >= 0.3 is 0 Å². The van der Waals surface area contributed by atoms with Crippen LogP contribution in [0, 0.1) is 19.8 Å². The molecule has 0 spiro atoms. The van der Waals surface area contributed by atoms with Gasteiger partial charge in [-0.25, -0.2) is 0 Å². The fourth-order valence-electron chi connectivity index (χ4n) is 2.46. The van der Waals surface area contributed by atoms with Crippen molar-refractivity contribution < 1.29 is 9.26 Å². The normalized spacial score (nSPS) is 16.0. The second-order valence-corrected chi connectivity index (χ2v) is 5.74. The largest absolute Gasteiger partial charge is 0.476 e. The number of ether oxygens (including phenoxy) is 1. The maximum absolute atomic E-state index is 5.76. The molecule has 3 heterocycles. The molecule has 1 aliphatic rings. The first-order chi connectivity index (χ1) is 10.1. The zero-order valence-electron chi connectivity index (χ0n) is 12.0. The van der Waals surface area contributed by atoms with Gasteiger partial charge in [0.1, 0.15) is 5.76 Å². The summed E-state index contributed by atoms with van der Waals surface area (Å²) < 4.78 is 10.8. The standard InChI is InChI=1S/C14H17ClN4O2/c1-9-12(10(2)21-18-9)7-19-5-11(6-19)8-20-14-4-16-3-13(15)17-14/h3-4,11H,5-8H2,1-2H3. The maximum Gasteiger partial charge on any atom is 0.233 e. The molecule has 0 unspecified atom stereocenters. The molecule has 0 atom stereocenters. The summed E-state index contributed by atoms with van der Waals surface area (Å²) in [7, 11) is 0. The lowest BCUT2D eigenvalue weighted by atomic mass is 10.00. The van der Waals surface area contributed by atoms with Crippen LogP contribution in [0.15, 0.2) is 16.9 Å². The van der Waals surface area contributed by atoms with E-state index in [1.807, 2.05) is 13.8 Å². The molecule has 1 fully saturated rings. The van der Waals surface area contributed by atoms with E-state index in [4.69, 9.17) is 20.9 Å². The van der Waals surface area contributed by atoms with Gasteiger partial charge in [-0.3, -0.25) is 9.88 Å². The van der Waals surface area contributed by atoms with E-state index in [1.54, 1.807) is 6.20 Å². The third kappa shape index (κ3) is 3.33. The minimum atomic E-state index is 0.348. The Labute approximate surface area is 128 Å². The summed E-state index contributed by atoms with van der Waals surface area (Å²) >= 11 is 5.76. The first-order valence-electron chi connectivity index (χ1n) is 6.86. The summed E-state index contributed by atoms with van der Waals surface area (Å²) in [6.07, 6.45) is 3.06. The summed E-state index contributed by atoms with van der Waals surface area (Å²) in [6, 6.07) is 0. The van der Waals surface area contributed by atoms with Crippen LogP contribution in [0.1, 0.15) is 17.0 Å². The van der Waals surface area contributed by atoms with E-state index in [9.17, 15) is 0 Å². The number of halogens is 1. The summed E-state index contributed by atoms with van der Waals surface area (Å²) in [5.74, 6) is 1.89. The van der Waals surface area contributed by atoms with Gasteiger partial charge in [0.05, 0.1) is 24.7 Å². The summed E-state index contributed by atoms with van der Waals surface area (Å²) in [6.45, 7) is 7.44. The van der Waals surface area contributed by atoms with Gasteiger partial charge in [-0.05, 0) is 13.8 Å². The van der Waals surface area contributed by atoms with Crippen LogP contribution >= 0.6 is 11.6 Å². The van der Waals surface area contributed by atoms with Crippen LogP contribution in [-0.4, -0.2) is 39.7 Å². The Kier molecular flexibility index (Phi) is 4.07. The number of aromatic nitrogens is 3. The van der Waals surface area contributed by atoms with Crippen molar-refractivity contribution in [3.05, 3.63) is 34.6 Å². The van der Waals surface area contributed by atoms with E-state index in [-0.39, 0.29) is 0 Å². The monoisotopic (exact) mass is 308 g/mol. The van der Waals surface area contributed by atoms with E-state index in [1.165, 1.54) is 11.8 Å². The maximum atomic E-state index is 5.76. The number of aryl methyl sites for hydroxylation is 2. The van der Waals surface area contributed by atoms with Crippen molar-refractivity contribution in [3.8, 4) is 5.88 Å². The molecule has 3 rings (SSSR count). The molecule has 0 aliphatic carbocycles. The zero-order valence-corrected chi connectivity index (χ0v) is 12.8. The molecule has 112 valence electrons. The average molecular weight is 309 g/mol. The Balaban J connectivity index is 1.44. The van der Waals surface area contributed by atoms with Crippen molar-refractivity contribution in [2.75, 3.05) is 19.7 Å². The molecule has 0 saturated carbocycles. The first kappa shape index (κ1) is 14.3. The Bertz CT molecular complexity index is 606. The molecule has 1 aliphatic heterocycles. The minimum Gasteiger partial charge on any atom is -0.476 e. The molecule has 2 aromatic rings. The van der Waals surface area contributed by atoms with Crippen molar-refractivity contribution in [3.63, 3.8) is 0 Å². The van der Waals surface area contributed by atoms with Crippen LogP contribution in [0.2, 0.25) is 5.15 Å². The molecule has 2 aromatic heterocycles. The quantitative estimate of drug-likeness (QED) is 0.844. The highest BCUT2D eigenvalue weighted by molar-refractivity contribution is 6.29. The predicted octanol–water partition coefficient (Wildman–Crippen LogP) is 2.25. The molecule has 0 bridgehead atoms. The van der Waals surface area contributed by atoms with Gasteiger partial charge in [0, 0.05) is 31.1 Å². The number of hydrogen-bond acceptors (Lipinski definition) is 6. The van der Waals surface area contributed by atoms with E-state index in [2.05, 4.69) is 20.0 Å². The van der Waals surface area contributed by atoms with E-state index < -0.39 is 0 Å². The van der Waals surface area contributed by atoms with Gasteiger partial charge in [-0.15, -0.1) is 0 Å². The van der Waals surface area contributed by atoms with E-state index >= 15 is 0 Å². The number of nitrogens with zero attached hydrogens (tertiary/aromatic N) is 4. The Morgan fingerprint density at radius 3 is 2.86 bits per heavy atom. The molecule has 0 aromatic carbocycles. The number of rotatable bonds is 5. The van der Waals surface area contributed by atoms with Gasteiger partial charge in [0.2, 0.25) is 5.88 Å². The summed E-state index contributed by atoms with van der Waals surface area (Å²) in [5.41, 5.74) is 2.16. The zero-order chi connectivity index (χ0) is 14.8. The lowest BCUT2D eigenvalue weighted by molar-refractivity contribution is 0.0538. The highest BCUT2D eigenvalue weighted by atomic mass is 35.5. The van der Waals surface area contributed by atoms with Gasteiger partial charge in [0.15, 0.2) is 5.15 Å². The molecular formula is C14H17ClN4O2. The van der Waals surface area contributed by atoms with Gasteiger partial charge in [-0.1, -0.05) is 16.8 Å². The Morgan fingerprint density at radius 2 is 2.19 bits per heavy atom. The fourth-order valence-corrected chi connectivity index (χ4v) is 2.60. The lowest BCUT2D eigenvalue weighted by Gasteiger charge is -2.38. The van der Waals surface area contributed by atoms with Crippen LogP contribution < -0.4 is 4.74 Å². The fraction of sp³-hybridized carbons (Fsp3) is 0.500. The Morgan fingerprint density at radius 1 is 1.38 bits per heavy atom. The molecule has 0 N–H and O–H groups in total. The van der Waals surface area contributed by atoms with Gasteiger partial charge in [-0.2, -0.15) is 4.98 Å². The topological polar surface area (TPSA) is 64.3 Å². The highest BCUT2D eigenvalue weighted by Crippen LogP contribution is 2.22. The number of likely N-dealkylation sites (tertiary alicyclic amines) is 1. The third-order valence-electron chi connectivity index (χ3n) is 3.65. The second-order valence-electron chi connectivity index (χ2n) is 5.35. The molecular weight excluding hydrogens is 292 g/mol. The number of hydrogen-bond donors (Lipinski definition) is 0. The molecule has 0 amide bonds. The summed E-state index contributed by atoms with van der Waals surface area (Å²) in [4.78, 5) is 10.3. The van der Waals surface area contributed by atoms with Crippen LogP contribution in [0.25, 0.3) is 0 Å². The molecule has 6 nitrogen and oxygen atoms in total. The highest BCUT2D eigenvalue weighted by Gasteiger charge is 2.28. The molecule has 7 heteroatoms. The second kappa shape index (κ2) is 5.99. The SMILES string of the molecule is Cc1noc(C)c1CN1CC(COc2cncc(Cl)n2)C1. The van der Waals surface area contributed by atoms with Crippen molar-refractivity contribution in [1.29, 1.82) is 0 Å². The van der Waals surface area contributed by atoms with Crippen LogP contribution in [0.3, 0.4) is 0 Å². The molecule has 0 radical (unpaired) electrons. The third-order valence-corrected chi connectivity index (χ3v) is 3.83. The lowest BCUT2D eigenvalue weighted by Crippen LogP contribution is -2.48.